The van der Waals surface area contributed by atoms with Crippen molar-refractivity contribution in [1.82, 2.24) is 24.3 Å². The number of aryl methyl sites for hydroxylation is 1. The predicted octanol–water partition coefficient (Wildman–Crippen LogP) is 2.80. The molecule has 1 fully saturated rings. The first-order valence-corrected chi connectivity index (χ1v) is 11.7. The Balaban J connectivity index is 1.36. The molecule has 3 aromatic rings. The van der Waals surface area contributed by atoms with Crippen LogP contribution in [0, 0.1) is 18.6 Å². The number of hydrogen-bond acceptors (Lipinski definition) is 8. The van der Waals surface area contributed by atoms with E-state index >= 15 is 0 Å². The van der Waals surface area contributed by atoms with Crippen molar-refractivity contribution in [3.63, 3.8) is 0 Å². The highest BCUT2D eigenvalue weighted by Gasteiger charge is 2.18. The maximum absolute atomic E-state index is 14.4. The van der Waals surface area contributed by atoms with Gasteiger partial charge in [-0.05, 0) is 31.7 Å². The molecule has 9 nitrogen and oxygen atoms in total. The Hall–Kier alpha value is -3.57. The van der Waals surface area contributed by atoms with Gasteiger partial charge in [-0.15, -0.1) is 0 Å². The van der Waals surface area contributed by atoms with Crippen molar-refractivity contribution in [2.24, 2.45) is 0 Å². The fraction of sp³-hybridized carbons (Fsp3) is 0.400. The van der Waals surface area contributed by atoms with Crippen molar-refractivity contribution in [3.8, 4) is 11.5 Å². The van der Waals surface area contributed by atoms with Crippen LogP contribution in [0.25, 0.3) is 0 Å². The van der Waals surface area contributed by atoms with Gasteiger partial charge in [-0.3, -0.25) is 9.69 Å². The van der Waals surface area contributed by atoms with E-state index in [-0.39, 0.29) is 34.8 Å². The average Bonchev–Trinajstić information content (AvgIpc) is 2.88. The SMILES string of the molecule is COc1cc(C)c(F)c(COc2cnc(Nc3ccc(=O)n(CCN4CCN(C)CC4)c3)nc2)c1F. The number of pyridine rings is 1. The lowest BCUT2D eigenvalue weighted by molar-refractivity contribution is 0.150. The zero-order chi connectivity index (χ0) is 25.7. The summed E-state index contributed by atoms with van der Waals surface area (Å²) in [4.78, 5) is 25.3. The topological polar surface area (TPSA) is 84.7 Å². The molecular formula is C25H30F2N6O3. The maximum Gasteiger partial charge on any atom is 0.250 e. The van der Waals surface area contributed by atoms with Crippen LogP contribution in [-0.4, -0.2) is 71.2 Å². The molecule has 0 bridgehead atoms. The third-order valence-corrected chi connectivity index (χ3v) is 6.16. The maximum atomic E-state index is 14.4. The lowest BCUT2D eigenvalue weighted by Gasteiger charge is -2.32. The van der Waals surface area contributed by atoms with Crippen LogP contribution in [0.1, 0.15) is 11.1 Å². The van der Waals surface area contributed by atoms with E-state index in [1.807, 2.05) is 0 Å². The van der Waals surface area contributed by atoms with Crippen LogP contribution in [0.5, 0.6) is 11.5 Å². The molecule has 1 aliphatic rings. The van der Waals surface area contributed by atoms with Crippen molar-refractivity contribution in [2.45, 2.75) is 20.1 Å². The van der Waals surface area contributed by atoms with Crippen LogP contribution in [0.15, 0.2) is 41.6 Å². The zero-order valence-electron chi connectivity index (χ0n) is 20.6. The molecule has 4 rings (SSSR count). The zero-order valence-corrected chi connectivity index (χ0v) is 20.6. The van der Waals surface area contributed by atoms with Crippen molar-refractivity contribution in [2.75, 3.05) is 52.2 Å². The van der Waals surface area contributed by atoms with E-state index in [2.05, 4.69) is 32.1 Å². The molecule has 192 valence electrons. The molecule has 0 saturated carbocycles. The van der Waals surface area contributed by atoms with Gasteiger partial charge in [0, 0.05) is 51.5 Å². The lowest BCUT2D eigenvalue weighted by atomic mass is 10.1. The second-order valence-electron chi connectivity index (χ2n) is 8.75. The minimum absolute atomic E-state index is 0.0480. The smallest absolute Gasteiger partial charge is 0.250 e. The number of likely N-dealkylation sites (N-methyl/N-ethyl adjacent to an activating group) is 1. The third kappa shape index (κ3) is 6.16. The summed E-state index contributed by atoms with van der Waals surface area (Å²) in [5.74, 6) is -0.996. The summed E-state index contributed by atoms with van der Waals surface area (Å²) in [6.07, 6.45) is 4.55. The Labute approximate surface area is 208 Å². The quantitative estimate of drug-likeness (QED) is 0.480. The minimum atomic E-state index is -0.803. The highest BCUT2D eigenvalue weighted by atomic mass is 19.1. The Morgan fingerprint density at radius 3 is 2.47 bits per heavy atom. The molecule has 0 atom stereocenters. The number of nitrogens with one attached hydrogen (secondary N) is 1. The van der Waals surface area contributed by atoms with Crippen molar-refractivity contribution < 1.29 is 18.3 Å². The summed E-state index contributed by atoms with van der Waals surface area (Å²) < 4.78 is 40.9. The third-order valence-electron chi connectivity index (χ3n) is 6.16. The molecular weight excluding hydrogens is 470 g/mol. The number of anilines is 2. The van der Waals surface area contributed by atoms with E-state index in [1.165, 1.54) is 38.6 Å². The van der Waals surface area contributed by atoms with E-state index < -0.39 is 11.6 Å². The lowest BCUT2D eigenvalue weighted by Crippen LogP contribution is -2.45. The number of methoxy groups -OCH3 is 1. The van der Waals surface area contributed by atoms with Gasteiger partial charge in [-0.25, -0.2) is 18.7 Å². The van der Waals surface area contributed by atoms with Crippen LogP contribution < -0.4 is 20.3 Å². The summed E-state index contributed by atoms with van der Waals surface area (Å²) in [6, 6.07) is 4.47. The summed E-state index contributed by atoms with van der Waals surface area (Å²) >= 11 is 0. The van der Waals surface area contributed by atoms with Gasteiger partial charge in [0.25, 0.3) is 5.56 Å². The van der Waals surface area contributed by atoms with Crippen molar-refractivity contribution in [1.29, 1.82) is 0 Å². The number of ether oxygens (including phenoxy) is 2. The fourth-order valence-electron chi connectivity index (χ4n) is 3.92. The Kier molecular flexibility index (Phi) is 8.11. The number of halogens is 2. The van der Waals surface area contributed by atoms with Crippen LogP contribution in [-0.2, 0) is 13.2 Å². The van der Waals surface area contributed by atoms with Crippen LogP contribution in [0.4, 0.5) is 20.4 Å². The molecule has 11 heteroatoms. The van der Waals surface area contributed by atoms with Crippen LogP contribution in [0.3, 0.4) is 0 Å². The molecule has 0 amide bonds. The molecule has 1 aliphatic heterocycles. The monoisotopic (exact) mass is 500 g/mol. The first kappa shape index (κ1) is 25.5. The van der Waals surface area contributed by atoms with Gasteiger partial charge >= 0.3 is 0 Å². The first-order valence-electron chi connectivity index (χ1n) is 11.7. The number of benzene rings is 1. The molecule has 0 aliphatic carbocycles. The molecule has 0 unspecified atom stereocenters. The Morgan fingerprint density at radius 1 is 1.06 bits per heavy atom. The first-order chi connectivity index (χ1) is 17.3. The van der Waals surface area contributed by atoms with Gasteiger partial charge in [0.15, 0.2) is 17.3 Å². The van der Waals surface area contributed by atoms with Gasteiger partial charge < -0.3 is 24.3 Å². The van der Waals surface area contributed by atoms with Crippen LogP contribution >= 0.6 is 0 Å². The predicted molar refractivity (Wildman–Crippen MR) is 132 cm³/mol. The Morgan fingerprint density at radius 2 is 1.78 bits per heavy atom. The van der Waals surface area contributed by atoms with Gasteiger partial charge in [0.2, 0.25) is 5.95 Å². The summed E-state index contributed by atoms with van der Waals surface area (Å²) in [6.45, 7) is 6.60. The van der Waals surface area contributed by atoms with Crippen LogP contribution in [0.2, 0.25) is 0 Å². The highest BCUT2D eigenvalue weighted by Crippen LogP contribution is 2.27. The highest BCUT2D eigenvalue weighted by molar-refractivity contribution is 5.51. The molecule has 1 saturated heterocycles. The molecule has 2 aromatic heterocycles. The van der Waals surface area contributed by atoms with E-state index in [4.69, 9.17) is 9.47 Å². The Bertz CT molecular complexity index is 1240. The molecule has 1 aromatic carbocycles. The second-order valence-corrected chi connectivity index (χ2v) is 8.75. The fourth-order valence-corrected chi connectivity index (χ4v) is 3.92. The van der Waals surface area contributed by atoms with Gasteiger partial charge in [-0.2, -0.15) is 0 Å². The molecule has 0 spiro atoms. The van der Waals surface area contributed by atoms with E-state index in [1.54, 1.807) is 16.8 Å². The second kappa shape index (κ2) is 11.4. The molecule has 1 N–H and O–H groups in total. The average molecular weight is 501 g/mol. The molecule has 36 heavy (non-hydrogen) atoms. The van der Waals surface area contributed by atoms with Gasteiger partial charge in [0.1, 0.15) is 12.4 Å². The number of hydrogen-bond donors (Lipinski definition) is 1. The normalized spacial score (nSPS) is 14.6. The largest absolute Gasteiger partial charge is 0.494 e. The summed E-state index contributed by atoms with van der Waals surface area (Å²) in [5.41, 5.74) is 0.615. The molecule has 0 radical (unpaired) electrons. The number of nitrogens with zero attached hydrogens (tertiary/aromatic N) is 5. The summed E-state index contributed by atoms with van der Waals surface area (Å²) in [7, 11) is 3.43. The number of aromatic nitrogens is 3. The van der Waals surface area contributed by atoms with E-state index in [0.29, 0.717) is 18.2 Å². The van der Waals surface area contributed by atoms with E-state index in [9.17, 15) is 13.6 Å². The summed E-state index contributed by atoms with van der Waals surface area (Å²) in [5, 5.41) is 3.06. The van der Waals surface area contributed by atoms with Gasteiger partial charge in [-0.1, -0.05) is 0 Å². The van der Waals surface area contributed by atoms with Crippen molar-refractivity contribution >= 4 is 11.6 Å². The minimum Gasteiger partial charge on any atom is -0.494 e. The number of piperazine rings is 1. The standard InChI is InChI=1S/C25H30F2N6O3/c1-17-12-21(35-3)24(27)20(23(17)26)16-36-19-13-28-25(29-14-19)30-18-4-5-22(34)33(15-18)11-10-32-8-6-31(2)7-9-32/h4-5,12-15H,6-11,16H2,1-3H3,(H,28,29,30). The van der Waals surface area contributed by atoms with Gasteiger partial charge in [0.05, 0.1) is 30.8 Å². The number of rotatable bonds is 9. The van der Waals surface area contributed by atoms with Crippen molar-refractivity contribution in [3.05, 3.63) is 69.9 Å². The molecule has 3 heterocycles. The van der Waals surface area contributed by atoms with E-state index in [0.717, 1.165) is 32.7 Å².